The Hall–Kier alpha value is -5.08. The first kappa shape index (κ1) is 46.4. The van der Waals surface area contributed by atoms with Crippen molar-refractivity contribution in [3.05, 3.63) is 215 Å². The molecular weight excluding hydrogens is 821 g/mol. The molecule has 1 aliphatic carbocycles. The topological polar surface area (TPSA) is 103 Å². The van der Waals surface area contributed by atoms with Crippen LogP contribution in [0.5, 0.6) is 0 Å². The zero-order valence-electron chi connectivity index (χ0n) is 36.9. The van der Waals surface area contributed by atoms with Gasteiger partial charge in [0.2, 0.25) is 0 Å². The van der Waals surface area contributed by atoms with E-state index >= 15 is 0 Å². The molecule has 0 unspecified atom stereocenters. The molecule has 1 saturated carbocycles. The van der Waals surface area contributed by atoms with Gasteiger partial charge in [0, 0.05) is 13.5 Å². The third-order valence-electron chi connectivity index (χ3n) is 11.9. The summed E-state index contributed by atoms with van der Waals surface area (Å²) >= 11 is 0. The Morgan fingerprint density at radius 3 is 1.06 bits per heavy atom. The highest BCUT2D eigenvalue weighted by molar-refractivity contribution is 5.18. The standard InChI is InChI=1S/C55H60O10/c1-57-55-54(64-38-45-30-18-7-19-31-45)53(63-37-44-28-16-6-17-29-44)51(61-35-42-24-12-4-13-25-42)48(65-55)39-58-47-32-46(56)49(59-33-40-20-8-2-9-21-40)52(62-36-43-26-14-5-15-27-43)50(47)60-34-41-22-10-3-11-23-41/h2-31,46-56H,32-39H2,1H3/t46-,47+,48-,49-,50+,51-,52+,53+,54-,55+/m1/s1. The molecule has 1 N–H and O–H groups in total. The second-order valence-electron chi connectivity index (χ2n) is 16.5. The number of benzene rings is 6. The van der Waals surface area contributed by atoms with E-state index in [0.29, 0.717) is 26.4 Å². The van der Waals surface area contributed by atoms with E-state index in [2.05, 4.69) is 0 Å². The summed E-state index contributed by atoms with van der Waals surface area (Å²) in [4.78, 5) is 0. The fourth-order valence-electron chi connectivity index (χ4n) is 8.47. The number of ether oxygens (including phenoxy) is 9. The zero-order valence-corrected chi connectivity index (χ0v) is 36.9. The van der Waals surface area contributed by atoms with E-state index in [1.807, 2.05) is 182 Å². The van der Waals surface area contributed by atoms with E-state index in [4.69, 9.17) is 42.6 Å². The molecule has 0 aromatic heterocycles. The quantitative estimate of drug-likeness (QED) is 0.0711. The number of aliphatic hydroxyl groups excluding tert-OH is 1. The van der Waals surface area contributed by atoms with Gasteiger partial charge in [-0.1, -0.05) is 182 Å². The molecule has 10 heteroatoms. The Labute approximate surface area is 382 Å². The average molecular weight is 881 g/mol. The van der Waals surface area contributed by atoms with Gasteiger partial charge in [-0.3, -0.25) is 0 Å². The Balaban J connectivity index is 1.09. The van der Waals surface area contributed by atoms with Gasteiger partial charge in [0.1, 0.15) is 42.7 Å². The summed E-state index contributed by atoms with van der Waals surface area (Å²) < 4.78 is 60.4. The highest BCUT2D eigenvalue weighted by Crippen LogP contribution is 2.35. The molecule has 0 radical (unpaired) electrons. The summed E-state index contributed by atoms with van der Waals surface area (Å²) in [6.45, 7) is 1.83. The lowest BCUT2D eigenvalue weighted by Gasteiger charge is -2.47. The van der Waals surface area contributed by atoms with Crippen molar-refractivity contribution in [2.75, 3.05) is 13.7 Å². The normalized spacial score (nSPS) is 25.6. The molecule has 10 atom stereocenters. The summed E-state index contributed by atoms with van der Waals surface area (Å²) in [6.07, 6.45) is -6.95. The molecule has 2 fully saturated rings. The molecule has 8 rings (SSSR count). The molecule has 1 aliphatic heterocycles. The van der Waals surface area contributed by atoms with Crippen LogP contribution in [0.25, 0.3) is 0 Å². The van der Waals surface area contributed by atoms with Crippen LogP contribution in [0.2, 0.25) is 0 Å². The lowest BCUT2D eigenvalue weighted by atomic mass is 9.86. The van der Waals surface area contributed by atoms with Crippen LogP contribution >= 0.6 is 0 Å². The van der Waals surface area contributed by atoms with Gasteiger partial charge in [0.05, 0.1) is 58.5 Å². The predicted molar refractivity (Wildman–Crippen MR) is 246 cm³/mol. The SMILES string of the molecule is CO[C@H]1O[C@H](CO[C@H]2C[C@@H](O)[C@@H](OCc3ccccc3)[C@H](OCc3ccccc3)[C@H]2OCc2ccccc2)[C@@H](OCc2ccccc2)[C@H](OCc2ccccc2)[C@H]1OCc1ccccc1. The van der Waals surface area contributed by atoms with Crippen molar-refractivity contribution < 1.29 is 47.7 Å². The predicted octanol–water partition coefficient (Wildman–Crippen LogP) is 9.02. The third kappa shape index (κ3) is 13.3. The number of aliphatic hydroxyl groups is 1. The van der Waals surface area contributed by atoms with Crippen LogP contribution in [-0.2, 0) is 82.3 Å². The van der Waals surface area contributed by atoms with Crippen LogP contribution in [0, 0.1) is 0 Å². The molecule has 0 spiro atoms. The molecule has 1 heterocycles. The number of hydrogen-bond donors (Lipinski definition) is 1. The minimum absolute atomic E-state index is 0.0550. The molecule has 2 aliphatic rings. The molecule has 10 nitrogen and oxygen atoms in total. The van der Waals surface area contributed by atoms with E-state index in [1.54, 1.807) is 7.11 Å². The first-order chi connectivity index (χ1) is 32.1. The van der Waals surface area contributed by atoms with Crippen molar-refractivity contribution in [1.29, 1.82) is 0 Å². The van der Waals surface area contributed by atoms with Crippen molar-refractivity contribution in [3.63, 3.8) is 0 Å². The van der Waals surface area contributed by atoms with Crippen LogP contribution in [0.15, 0.2) is 182 Å². The maximum atomic E-state index is 12.0. The van der Waals surface area contributed by atoms with Crippen molar-refractivity contribution >= 4 is 0 Å². The van der Waals surface area contributed by atoms with Crippen LogP contribution in [0.4, 0.5) is 0 Å². The maximum absolute atomic E-state index is 12.0. The highest BCUT2D eigenvalue weighted by Gasteiger charge is 2.51. The summed E-state index contributed by atoms with van der Waals surface area (Å²) in [6, 6.07) is 60.0. The Morgan fingerprint density at radius 1 is 0.385 bits per heavy atom. The van der Waals surface area contributed by atoms with Crippen molar-refractivity contribution in [2.45, 2.75) is 107 Å². The minimum atomic E-state index is -0.942. The first-order valence-electron chi connectivity index (χ1n) is 22.5. The molecule has 6 aromatic rings. The Kier molecular flexibility index (Phi) is 17.5. The van der Waals surface area contributed by atoms with Gasteiger partial charge in [-0.25, -0.2) is 0 Å². The van der Waals surface area contributed by atoms with Gasteiger partial charge in [0.15, 0.2) is 6.29 Å². The van der Waals surface area contributed by atoms with E-state index < -0.39 is 61.2 Å². The fourth-order valence-corrected chi connectivity index (χ4v) is 8.47. The molecule has 65 heavy (non-hydrogen) atoms. The molecule has 1 saturated heterocycles. The Morgan fingerprint density at radius 2 is 0.692 bits per heavy atom. The highest BCUT2D eigenvalue weighted by atomic mass is 16.7. The minimum Gasteiger partial charge on any atom is -0.390 e. The third-order valence-corrected chi connectivity index (χ3v) is 11.9. The number of methoxy groups -OCH3 is 1. The summed E-state index contributed by atoms with van der Waals surface area (Å²) in [5.41, 5.74) is 5.97. The van der Waals surface area contributed by atoms with Crippen LogP contribution in [0.3, 0.4) is 0 Å². The summed E-state index contributed by atoms with van der Waals surface area (Å²) in [5, 5.41) is 12.0. The van der Waals surface area contributed by atoms with Crippen molar-refractivity contribution in [2.24, 2.45) is 0 Å². The van der Waals surface area contributed by atoms with Crippen LogP contribution in [0.1, 0.15) is 39.8 Å². The summed E-state index contributed by atoms with van der Waals surface area (Å²) in [7, 11) is 1.61. The summed E-state index contributed by atoms with van der Waals surface area (Å²) in [5.74, 6) is 0. The molecule has 0 amide bonds. The molecular formula is C55H60O10. The van der Waals surface area contributed by atoms with E-state index in [0.717, 1.165) is 33.4 Å². The molecule has 0 bridgehead atoms. The average Bonchev–Trinajstić information content (AvgIpc) is 3.36. The zero-order chi connectivity index (χ0) is 44.5. The second-order valence-corrected chi connectivity index (χ2v) is 16.5. The number of hydrogen-bond acceptors (Lipinski definition) is 10. The first-order valence-corrected chi connectivity index (χ1v) is 22.5. The smallest absolute Gasteiger partial charge is 0.186 e. The van der Waals surface area contributed by atoms with Crippen LogP contribution in [-0.4, -0.2) is 80.0 Å². The lowest BCUT2D eigenvalue weighted by Crippen LogP contribution is -2.63. The maximum Gasteiger partial charge on any atom is 0.186 e. The van der Waals surface area contributed by atoms with Gasteiger partial charge in [-0.05, 0) is 33.4 Å². The van der Waals surface area contributed by atoms with E-state index in [-0.39, 0.29) is 26.2 Å². The second kappa shape index (κ2) is 24.4. The van der Waals surface area contributed by atoms with Gasteiger partial charge in [-0.2, -0.15) is 0 Å². The van der Waals surface area contributed by atoms with Gasteiger partial charge in [-0.15, -0.1) is 0 Å². The lowest BCUT2D eigenvalue weighted by molar-refractivity contribution is -0.327. The largest absolute Gasteiger partial charge is 0.390 e. The van der Waals surface area contributed by atoms with Crippen LogP contribution < -0.4 is 0 Å². The molecule has 340 valence electrons. The fraction of sp³-hybridized carbons (Fsp3) is 0.345. The van der Waals surface area contributed by atoms with E-state index in [9.17, 15) is 5.11 Å². The Bertz CT molecular complexity index is 2200. The van der Waals surface area contributed by atoms with Gasteiger partial charge in [0.25, 0.3) is 0 Å². The number of rotatable bonds is 22. The molecule has 6 aromatic carbocycles. The van der Waals surface area contributed by atoms with Gasteiger partial charge < -0.3 is 47.7 Å². The van der Waals surface area contributed by atoms with Crippen molar-refractivity contribution in [1.82, 2.24) is 0 Å². The van der Waals surface area contributed by atoms with Gasteiger partial charge >= 0.3 is 0 Å². The monoisotopic (exact) mass is 880 g/mol. The van der Waals surface area contributed by atoms with E-state index in [1.165, 1.54) is 0 Å². The van der Waals surface area contributed by atoms with Crippen molar-refractivity contribution in [3.8, 4) is 0 Å².